The Kier molecular flexibility index (Phi) is 5.33. The first kappa shape index (κ1) is 17.7. The van der Waals surface area contributed by atoms with Crippen molar-refractivity contribution in [3.8, 4) is 0 Å². The summed E-state index contributed by atoms with van der Waals surface area (Å²) in [6, 6.07) is 6.58. The molecule has 24 heavy (non-hydrogen) atoms. The van der Waals surface area contributed by atoms with Gasteiger partial charge in [0, 0.05) is 12.2 Å². The zero-order valence-electron chi connectivity index (χ0n) is 14.0. The van der Waals surface area contributed by atoms with Gasteiger partial charge in [0.05, 0.1) is 0 Å². The summed E-state index contributed by atoms with van der Waals surface area (Å²) in [5.41, 5.74) is 1.71. The Hall–Kier alpha value is -2.70. The van der Waals surface area contributed by atoms with Crippen LogP contribution in [-0.2, 0) is 14.4 Å². The molecule has 1 aromatic rings. The molecule has 1 heterocycles. The largest absolute Gasteiger partial charge is 0.334 e. The van der Waals surface area contributed by atoms with Gasteiger partial charge in [-0.3, -0.25) is 19.3 Å². The van der Waals surface area contributed by atoms with Gasteiger partial charge in [-0.05, 0) is 30.0 Å². The molecule has 0 atom stereocenters. The van der Waals surface area contributed by atoms with Crippen LogP contribution in [0.4, 0.5) is 10.5 Å². The van der Waals surface area contributed by atoms with Crippen LogP contribution in [0.5, 0.6) is 0 Å². The zero-order chi connectivity index (χ0) is 17.9. The maximum atomic E-state index is 12.1. The van der Waals surface area contributed by atoms with Gasteiger partial charge in [0.25, 0.3) is 0 Å². The van der Waals surface area contributed by atoms with E-state index >= 15 is 0 Å². The number of anilines is 1. The number of urea groups is 1. The van der Waals surface area contributed by atoms with Crippen LogP contribution < -0.4 is 5.32 Å². The number of carbonyl (C=O) groups is 4. The van der Waals surface area contributed by atoms with E-state index in [4.69, 9.17) is 0 Å². The summed E-state index contributed by atoms with van der Waals surface area (Å²) in [7, 11) is 0. The van der Waals surface area contributed by atoms with E-state index in [9.17, 15) is 19.2 Å². The van der Waals surface area contributed by atoms with Crippen molar-refractivity contribution in [2.45, 2.75) is 33.1 Å². The quantitative estimate of drug-likeness (QED) is 0.637. The molecule has 0 bridgehead atoms. The summed E-state index contributed by atoms with van der Waals surface area (Å²) in [4.78, 5) is 49.2. The molecule has 0 aliphatic carbocycles. The minimum Gasteiger partial charge on any atom is -0.325 e. The second kappa shape index (κ2) is 7.25. The fourth-order valence-electron chi connectivity index (χ4n) is 2.41. The fourth-order valence-corrected chi connectivity index (χ4v) is 2.41. The molecule has 0 saturated carbocycles. The summed E-state index contributed by atoms with van der Waals surface area (Å²) >= 11 is 0. The SMILES string of the molecule is CCCN1C(=O)C(=O)N(CC(=O)Nc2ccc(C(C)C)cc2)C1=O. The molecule has 7 nitrogen and oxygen atoms in total. The van der Waals surface area contributed by atoms with Crippen molar-refractivity contribution in [3.05, 3.63) is 29.8 Å². The van der Waals surface area contributed by atoms with Crippen molar-refractivity contribution in [2.24, 2.45) is 0 Å². The molecule has 1 N–H and O–H groups in total. The number of carbonyl (C=O) groups excluding carboxylic acids is 4. The lowest BCUT2D eigenvalue weighted by atomic mass is 10.0. The van der Waals surface area contributed by atoms with Crippen LogP contribution in [0.25, 0.3) is 0 Å². The molecule has 0 aromatic heterocycles. The van der Waals surface area contributed by atoms with Gasteiger partial charge in [-0.15, -0.1) is 0 Å². The Morgan fingerprint density at radius 1 is 1.04 bits per heavy atom. The second-order valence-electron chi connectivity index (χ2n) is 5.96. The average molecular weight is 331 g/mol. The third-order valence-corrected chi connectivity index (χ3v) is 3.75. The Morgan fingerprint density at radius 2 is 1.62 bits per heavy atom. The second-order valence-corrected chi connectivity index (χ2v) is 5.96. The Bertz CT molecular complexity index is 667. The predicted molar refractivity (Wildman–Crippen MR) is 88.3 cm³/mol. The molecule has 128 valence electrons. The van der Waals surface area contributed by atoms with Gasteiger partial charge in [-0.1, -0.05) is 32.9 Å². The maximum Gasteiger partial charge on any atom is 0.334 e. The number of hydrogen-bond acceptors (Lipinski definition) is 4. The number of imide groups is 2. The fraction of sp³-hybridized carbons (Fsp3) is 0.412. The first-order valence-corrected chi connectivity index (χ1v) is 7.92. The van der Waals surface area contributed by atoms with Gasteiger partial charge in [-0.2, -0.15) is 0 Å². The van der Waals surface area contributed by atoms with Crippen LogP contribution >= 0.6 is 0 Å². The first-order valence-electron chi connectivity index (χ1n) is 7.92. The maximum absolute atomic E-state index is 12.1. The van der Waals surface area contributed by atoms with E-state index in [1.807, 2.05) is 12.1 Å². The van der Waals surface area contributed by atoms with Gasteiger partial charge >= 0.3 is 17.8 Å². The van der Waals surface area contributed by atoms with E-state index in [2.05, 4.69) is 19.2 Å². The van der Waals surface area contributed by atoms with Crippen LogP contribution in [-0.4, -0.2) is 46.6 Å². The normalized spacial score (nSPS) is 14.8. The molecule has 0 spiro atoms. The summed E-state index contributed by atoms with van der Waals surface area (Å²) in [5.74, 6) is -1.99. The smallest absolute Gasteiger partial charge is 0.325 e. The van der Waals surface area contributed by atoms with E-state index in [0.29, 0.717) is 22.9 Å². The lowest BCUT2D eigenvalue weighted by molar-refractivity contribution is -0.143. The summed E-state index contributed by atoms with van der Waals surface area (Å²) in [6.07, 6.45) is 0.549. The highest BCUT2D eigenvalue weighted by Crippen LogP contribution is 2.17. The van der Waals surface area contributed by atoms with Crippen molar-refractivity contribution in [1.82, 2.24) is 9.80 Å². The molecular weight excluding hydrogens is 310 g/mol. The van der Waals surface area contributed by atoms with Crippen LogP contribution in [0.15, 0.2) is 24.3 Å². The van der Waals surface area contributed by atoms with Crippen molar-refractivity contribution >= 4 is 29.4 Å². The van der Waals surface area contributed by atoms with Gasteiger partial charge < -0.3 is 5.32 Å². The Morgan fingerprint density at radius 3 is 2.17 bits per heavy atom. The average Bonchev–Trinajstić information content (AvgIpc) is 2.73. The minimum atomic E-state index is -0.959. The van der Waals surface area contributed by atoms with Crippen molar-refractivity contribution in [2.75, 3.05) is 18.4 Å². The van der Waals surface area contributed by atoms with Crippen molar-refractivity contribution in [3.63, 3.8) is 0 Å². The highest BCUT2D eigenvalue weighted by atomic mass is 16.2. The number of benzene rings is 1. The summed E-state index contributed by atoms with van der Waals surface area (Å²) in [6.45, 7) is 5.61. The van der Waals surface area contributed by atoms with Crippen LogP contribution in [0.3, 0.4) is 0 Å². The third-order valence-electron chi connectivity index (χ3n) is 3.75. The molecule has 1 saturated heterocycles. The monoisotopic (exact) mass is 331 g/mol. The molecule has 1 fully saturated rings. The number of amides is 5. The molecule has 1 aliphatic rings. The number of rotatable bonds is 6. The number of nitrogens with zero attached hydrogens (tertiary/aromatic N) is 2. The van der Waals surface area contributed by atoms with Crippen LogP contribution in [0.1, 0.15) is 38.7 Å². The minimum absolute atomic E-state index is 0.165. The summed E-state index contributed by atoms with van der Waals surface area (Å²) in [5, 5.41) is 2.62. The molecule has 0 radical (unpaired) electrons. The number of hydrogen-bond donors (Lipinski definition) is 1. The predicted octanol–water partition coefficient (Wildman–Crippen LogP) is 1.95. The molecule has 1 aromatic carbocycles. The highest BCUT2D eigenvalue weighted by molar-refractivity contribution is 6.45. The molecule has 2 rings (SSSR count). The van der Waals surface area contributed by atoms with Gasteiger partial charge in [0.1, 0.15) is 6.54 Å². The van der Waals surface area contributed by atoms with E-state index in [1.165, 1.54) is 0 Å². The van der Waals surface area contributed by atoms with Crippen molar-refractivity contribution < 1.29 is 19.2 Å². The third kappa shape index (κ3) is 3.61. The molecule has 0 unspecified atom stereocenters. The van der Waals surface area contributed by atoms with Gasteiger partial charge in [0.2, 0.25) is 5.91 Å². The van der Waals surface area contributed by atoms with E-state index < -0.39 is 30.3 Å². The standard InChI is InChI=1S/C17H21N3O4/c1-4-9-19-15(22)16(23)20(17(19)24)10-14(21)18-13-7-5-12(6-8-13)11(2)3/h5-8,11H,4,9-10H2,1-3H3,(H,18,21). The van der Waals surface area contributed by atoms with Crippen molar-refractivity contribution in [1.29, 1.82) is 0 Å². The zero-order valence-corrected chi connectivity index (χ0v) is 14.0. The topological polar surface area (TPSA) is 86.8 Å². The van der Waals surface area contributed by atoms with E-state index in [1.54, 1.807) is 19.1 Å². The van der Waals surface area contributed by atoms with E-state index in [0.717, 1.165) is 10.5 Å². The molecule has 1 aliphatic heterocycles. The first-order chi connectivity index (χ1) is 11.3. The lowest BCUT2D eigenvalue weighted by Crippen LogP contribution is -2.39. The van der Waals surface area contributed by atoms with Gasteiger partial charge in [-0.25, -0.2) is 9.69 Å². The Balaban J connectivity index is 2.00. The Labute approximate surface area is 140 Å². The number of nitrogens with one attached hydrogen (secondary N) is 1. The lowest BCUT2D eigenvalue weighted by Gasteiger charge is -2.15. The molecular formula is C17H21N3O4. The highest BCUT2D eigenvalue weighted by Gasteiger charge is 2.44. The van der Waals surface area contributed by atoms with Crippen LogP contribution in [0, 0.1) is 0 Å². The van der Waals surface area contributed by atoms with E-state index in [-0.39, 0.29) is 6.54 Å². The molecule has 5 amide bonds. The molecule has 7 heteroatoms. The summed E-state index contributed by atoms with van der Waals surface area (Å²) < 4.78 is 0. The van der Waals surface area contributed by atoms with Crippen LogP contribution in [0.2, 0.25) is 0 Å². The van der Waals surface area contributed by atoms with Gasteiger partial charge in [0.15, 0.2) is 0 Å².